The number of hydrogen-bond donors (Lipinski definition) is 2. The predicted octanol–water partition coefficient (Wildman–Crippen LogP) is 6.19. The summed E-state index contributed by atoms with van der Waals surface area (Å²) in [7, 11) is 0. The molecule has 2 aliphatic rings. The molecule has 0 amide bonds. The average Bonchev–Trinajstić information content (AvgIpc) is 3.36. The third-order valence-corrected chi connectivity index (χ3v) is 8.67. The maximum absolute atomic E-state index is 14.6. The lowest BCUT2D eigenvalue weighted by atomic mass is 9.76. The van der Waals surface area contributed by atoms with Gasteiger partial charge in [0.05, 0.1) is 6.61 Å². The van der Waals surface area contributed by atoms with E-state index >= 15 is 0 Å². The first-order valence-corrected chi connectivity index (χ1v) is 14.7. The van der Waals surface area contributed by atoms with Crippen molar-refractivity contribution in [3.63, 3.8) is 0 Å². The summed E-state index contributed by atoms with van der Waals surface area (Å²) in [5.41, 5.74) is 8.68. The van der Waals surface area contributed by atoms with Gasteiger partial charge in [0.15, 0.2) is 0 Å². The van der Waals surface area contributed by atoms with E-state index in [0.717, 1.165) is 24.0 Å². The van der Waals surface area contributed by atoms with Crippen LogP contribution in [0.1, 0.15) is 49.0 Å². The van der Waals surface area contributed by atoms with E-state index in [1.54, 1.807) is 13.0 Å². The van der Waals surface area contributed by atoms with E-state index < -0.39 is 12.3 Å². The Morgan fingerprint density at radius 2 is 1.88 bits per heavy atom. The van der Waals surface area contributed by atoms with Gasteiger partial charge in [-0.1, -0.05) is 35.9 Å². The Bertz CT molecular complexity index is 1490. The van der Waals surface area contributed by atoms with E-state index in [0.29, 0.717) is 54.6 Å². The molecule has 3 N–H and O–H groups in total. The van der Waals surface area contributed by atoms with Crippen LogP contribution in [0, 0.1) is 19.3 Å². The summed E-state index contributed by atoms with van der Waals surface area (Å²) in [5, 5.41) is 3.58. The molecule has 2 atom stereocenters. The number of anilines is 2. The molecule has 1 aromatic heterocycles. The number of aromatic nitrogens is 2. The van der Waals surface area contributed by atoms with Crippen LogP contribution in [0.4, 0.5) is 24.9 Å². The van der Waals surface area contributed by atoms with Gasteiger partial charge in [-0.25, -0.2) is 0 Å². The zero-order chi connectivity index (χ0) is 30.9. The summed E-state index contributed by atoms with van der Waals surface area (Å²) < 4.78 is 54.6. The highest BCUT2D eigenvalue weighted by molar-refractivity contribution is 6.30. The Kier molecular flexibility index (Phi) is 8.76. The third-order valence-electron chi connectivity index (χ3n) is 8.44. The van der Waals surface area contributed by atoms with Crippen molar-refractivity contribution >= 4 is 29.3 Å². The molecule has 0 unspecified atom stereocenters. The number of nitrogens with one attached hydrogen (secondary N) is 1. The van der Waals surface area contributed by atoms with Gasteiger partial charge >= 0.3 is 12.1 Å². The van der Waals surface area contributed by atoms with Gasteiger partial charge in [0.1, 0.15) is 11.9 Å². The van der Waals surface area contributed by atoms with Crippen LogP contribution in [0.15, 0.2) is 42.5 Å². The quantitative estimate of drug-likeness (QED) is 0.303. The minimum absolute atomic E-state index is 0.0630. The highest BCUT2D eigenvalue weighted by atomic mass is 35.5. The molecule has 230 valence electrons. The lowest BCUT2D eigenvalue weighted by Gasteiger charge is -2.39. The third kappa shape index (κ3) is 6.83. The normalized spacial score (nSPS) is 19.0. The second-order valence-corrected chi connectivity index (χ2v) is 11.8. The predicted molar refractivity (Wildman–Crippen MR) is 159 cm³/mol. The molecule has 8 nitrogen and oxygen atoms in total. The van der Waals surface area contributed by atoms with E-state index in [2.05, 4.69) is 15.3 Å². The van der Waals surface area contributed by atoms with Crippen LogP contribution < -0.4 is 20.7 Å². The number of carbonyl (C=O) groups is 1. The number of halogens is 4. The molecule has 0 radical (unpaired) electrons. The number of rotatable bonds is 7. The molecule has 12 heteroatoms. The second kappa shape index (κ2) is 12.2. The molecule has 2 fully saturated rings. The van der Waals surface area contributed by atoms with Gasteiger partial charge in [0, 0.05) is 36.3 Å². The maximum atomic E-state index is 14.6. The molecule has 43 heavy (non-hydrogen) atoms. The molecule has 5 rings (SSSR count). The number of hydrogen-bond acceptors (Lipinski definition) is 8. The van der Waals surface area contributed by atoms with Crippen molar-refractivity contribution in [2.24, 2.45) is 5.41 Å². The Morgan fingerprint density at radius 3 is 2.56 bits per heavy atom. The summed E-state index contributed by atoms with van der Waals surface area (Å²) >= 11 is 6.24. The summed E-state index contributed by atoms with van der Waals surface area (Å²) in [6, 6.07) is 10.8. The Labute approximate surface area is 253 Å². The number of piperidine rings is 1. The fourth-order valence-electron chi connectivity index (χ4n) is 5.91. The van der Waals surface area contributed by atoms with Crippen molar-refractivity contribution in [1.82, 2.24) is 15.3 Å². The molecule has 2 aromatic carbocycles. The number of aryl methyl sites for hydroxylation is 2. The van der Waals surface area contributed by atoms with Crippen molar-refractivity contribution in [1.29, 1.82) is 0 Å². The molecule has 0 bridgehead atoms. The molecular formula is C31H35ClF3N5O3. The number of ether oxygens (including phenoxy) is 2. The van der Waals surface area contributed by atoms with Crippen LogP contribution in [-0.2, 0) is 9.53 Å². The second-order valence-electron chi connectivity index (χ2n) is 11.4. The van der Waals surface area contributed by atoms with Gasteiger partial charge in [-0.05, 0) is 79.8 Å². The number of nitrogens with two attached hydrogens (primary N) is 1. The molecule has 3 aromatic rings. The number of carbonyl (C=O) groups excluding carboxylic acids is 1. The number of nitrogens with zero attached hydrogens (tertiary/aromatic N) is 3. The van der Waals surface area contributed by atoms with Gasteiger partial charge in [0.2, 0.25) is 17.9 Å². The van der Waals surface area contributed by atoms with Gasteiger partial charge in [-0.15, -0.1) is 0 Å². The molecule has 0 saturated carbocycles. The lowest BCUT2D eigenvalue weighted by molar-refractivity contribution is -0.198. The van der Waals surface area contributed by atoms with Gasteiger partial charge < -0.3 is 25.4 Å². The topological polar surface area (TPSA) is 103 Å². The van der Waals surface area contributed by atoms with Crippen molar-refractivity contribution in [2.45, 2.75) is 58.4 Å². The Hall–Kier alpha value is -3.57. The molecule has 1 spiro atoms. The van der Waals surface area contributed by atoms with Crippen LogP contribution in [0.3, 0.4) is 0 Å². The van der Waals surface area contributed by atoms with E-state index in [-0.39, 0.29) is 34.8 Å². The molecular weight excluding hydrogens is 583 g/mol. The minimum Gasteiger partial charge on any atom is -0.465 e. The van der Waals surface area contributed by atoms with E-state index in [1.165, 1.54) is 24.3 Å². The first kappa shape index (κ1) is 30.9. The highest BCUT2D eigenvalue weighted by Crippen LogP contribution is 2.43. The van der Waals surface area contributed by atoms with E-state index in [4.69, 9.17) is 26.8 Å². The van der Waals surface area contributed by atoms with Crippen LogP contribution >= 0.6 is 11.6 Å². The van der Waals surface area contributed by atoms with Crippen molar-refractivity contribution in [3.8, 4) is 17.0 Å². The summed E-state index contributed by atoms with van der Waals surface area (Å²) in [6.45, 7) is 7.82. The van der Waals surface area contributed by atoms with Crippen molar-refractivity contribution in [3.05, 3.63) is 64.2 Å². The smallest absolute Gasteiger partial charge is 0.429 e. The summed E-state index contributed by atoms with van der Waals surface area (Å²) in [4.78, 5) is 22.5. The summed E-state index contributed by atoms with van der Waals surface area (Å²) in [6.07, 6.45) is -4.89. The number of benzene rings is 2. The number of esters is 1. The zero-order valence-corrected chi connectivity index (χ0v) is 25.1. The minimum atomic E-state index is -4.77. The number of alkyl halides is 3. The van der Waals surface area contributed by atoms with E-state index in [9.17, 15) is 18.0 Å². The fraction of sp³-hybridized carbons (Fsp3) is 0.452. The van der Waals surface area contributed by atoms with Gasteiger partial charge in [0.25, 0.3) is 0 Å². The largest absolute Gasteiger partial charge is 0.465 e. The first-order valence-electron chi connectivity index (χ1n) is 14.3. The van der Waals surface area contributed by atoms with Crippen LogP contribution in [-0.4, -0.2) is 54.4 Å². The molecule has 2 aliphatic heterocycles. The first-order chi connectivity index (χ1) is 20.4. The lowest BCUT2D eigenvalue weighted by Crippen LogP contribution is -2.41. The van der Waals surface area contributed by atoms with E-state index in [1.807, 2.05) is 30.9 Å². The van der Waals surface area contributed by atoms with Gasteiger partial charge in [-0.2, -0.15) is 23.1 Å². The zero-order valence-electron chi connectivity index (χ0n) is 24.3. The maximum Gasteiger partial charge on any atom is 0.429 e. The van der Waals surface area contributed by atoms with Crippen LogP contribution in [0.2, 0.25) is 5.02 Å². The SMILES string of the molecule is CCOC(=O)[C@@H]1CC2(CCN(c3cc(O[C@H](c4ccc(Cl)cc4-c4ccc(C)c(C)c4)C(F)(F)F)nc(N)n3)CC2)CN1. The molecule has 3 heterocycles. The average molecular weight is 618 g/mol. The Morgan fingerprint density at radius 1 is 1.14 bits per heavy atom. The summed E-state index contributed by atoms with van der Waals surface area (Å²) in [5.74, 6) is -0.329. The fourth-order valence-corrected chi connectivity index (χ4v) is 6.09. The van der Waals surface area contributed by atoms with Crippen LogP contribution in [0.5, 0.6) is 5.88 Å². The highest BCUT2D eigenvalue weighted by Gasteiger charge is 2.46. The van der Waals surface area contributed by atoms with Crippen molar-refractivity contribution in [2.75, 3.05) is 36.9 Å². The van der Waals surface area contributed by atoms with Crippen LogP contribution in [0.25, 0.3) is 11.1 Å². The van der Waals surface area contributed by atoms with Crippen molar-refractivity contribution < 1.29 is 27.4 Å². The van der Waals surface area contributed by atoms with Gasteiger partial charge in [-0.3, -0.25) is 4.79 Å². The standard InChI is InChI=1S/C31H35ClF3N5O3/c1-4-42-28(41)24-16-30(17-37-24)9-11-40(12-10-30)25-15-26(39-29(36)38-25)43-27(31(33,34)35)22-8-7-21(32)14-23(22)20-6-5-18(2)19(3)13-20/h5-8,13-15,24,27,37H,4,9-12,16-17H2,1-3H3,(H2,36,38,39)/t24-,27+/m0/s1. The molecule has 2 saturated heterocycles. The number of nitrogen functional groups attached to an aromatic ring is 1. The molecule has 0 aliphatic carbocycles. The monoisotopic (exact) mass is 617 g/mol. The Balaban J connectivity index is 1.38.